The van der Waals surface area contributed by atoms with E-state index in [2.05, 4.69) is 0 Å². The van der Waals surface area contributed by atoms with Crippen molar-refractivity contribution in [3.63, 3.8) is 0 Å². The summed E-state index contributed by atoms with van der Waals surface area (Å²) in [5.41, 5.74) is -1.86. The minimum Gasteiger partial charge on any atom is -0.478 e. The molecule has 0 radical (unpaired) electrons. The number of carboxylic acids is 1. The lowest BCUT2D eigenvalue weighted by atomic mass is 9.97. The SMILES string of the molecule is C#CC(C)(O)/C(=C/C)C(=O)O. The zero-order valence-electron chi connectivity index (χ0n) is 6.46. The Morgan fingerprint density at radius 1 is 1.73 bits per heavy atom. The molecule has 0 aliphatic heterocycles. The van der Waals surface area contributed by atoms with Crippen LogP contribution in [0.15, 0.2) is 11.6 Å². The Bertz CT molecular complexity index is 230. The highest BCUT2D eigenvalue weighted by atomic mass is 16.4. The van der Waals surface area contributed by atoms with Gasteiger partial charge in [0.25, 0.3) is 0 Å². The van der Waals surface area contributed by atoms with Crippen molar-refractivity contribution in [1.29, 1.82) is 0 Å². The van der Waals surface area contributed by atoms with Gasteiger partial charge in [0.05, 0.1) is 5.57 Å². The molecule has 0 fully saturated rings. The van der Waals surface area contributed by atoms with Gasteiger partial charge in [-0.3, -0.25) is 0 Å². The van der Waals surface area contributed by atoms with Crippen molar-refractivity contribution in [3.05, 3.63) is 11.6 Å². The van der Waals surface area contributed by atoms with E-state index in [9.17, 15) is 9.90 Å². The summed E-state index contributed by atoms with van der Waals surface area (Å²) in [5.74, 6) is 0.781. The lowest BCUT2D eigenvalue weighted by molar-refractivity contribution is -0.134. The second-order valence-electron chi connectivity index (χ2n) is 2.22. The zero-order chi connectivity index (χ0) is 9.07. The number of terminal acetylenes is 1. The van der Waals surface area contributed by atoms with Crippen LogP contribution in [0, 0.1) is 12.3 Å². The first-order valence-electron chi connectivity index (χ1n) is 3.06. The number of hydrogen-bond donors (Lipinski definition) is 2. The van der Waals surface area contributed by atoms with Gasteiger partial charge in [-0.05, 0) is 13.8 Å². The largest absolute Gasteiger partial charge is 0.478 e. The second-order valence-corrected chi connectivity index (χ2v) is 2.22. The number of hydrogen-bond acceptors (Lipinski definition) is 2. The maximum Gasteiger partial charge on any atom is 0.335 e. The van der Waals surface area contributed by atoms with Crippen molar-refractivity contribution in [1.82, 2.24) is 0 Å². The van der Waals surface area contributed by atoms with E-state index < -0.39 is 11.6 Å². The van der Waals surface area contributed by atoms with Crippen molar-refractivity contribution in [2.75, 3.05) is 0 Å². The summed E-state index contributed by atoms with van der Waals surface area (Å²) in [6.45, 7) is 2.77. The third-order valence-corrected chi connectivity index (χ3v) is 1.32. The fourth-order valence-electron chi connectivity index (χ4n) is 0.691. The molecule has 0 spiro atoms. The number of allylic oxidation sites excluding steroid dienone is 1. The van der Waals surface area contributed by atoms with Crippen LogP contribution >= 0.6 is 0 Å². The molecule has 0 aromatic heterocycles. The second kappa shape index (κ2) is 3.22. The zero-order valence-corrected chi connectivity index (χ0v) is 6.46. The van der Waals surface area contributed by atoms with E-state index in [-0.39, 0.29) is 5.57 Å². The maximum atomic E-state index is 10.4. The fraction of sp³-hybridized carbons (Fsp3) is 0.375. The fourth-order valence-corrected chi connectivity index (χ4v) is 0.691. The van der Waals surface area contributed by atoms with E-state index in [1.807, 2.05) is 5.92 Å². The maximum absolute atomic E-state index is 10.4. The summed E-state index contributed by atoms with van der Waals surface area (Å²) in [7, 11) is 0. The van der Waals surface area contributed by atoms with Gasteiger partial charge in [0.2, 0.25) is 0 Å². The molecule has 0 bridgehead atoms. The van der Waals surface area contributed by atoms with Crippen molar-refractivity contribution in [3.8, 4) is 12.3 Å². The van der Waals surface area contributed by atoms with Crippen LogP contribution in [-0.4, -0.2) is 21.8 Å². The van der Waals surface area contributed by atoms with E-state index in [0.29, 0.717) is 0 Å². The molecule has 0 rings (SSSR count). The Balaban J connectivity index is 4.85. The molecule has 0 aromatic rings. The van der Waals surface area contributed by atoms with Crippen LogP contribution in [0.2, 0.25) is 0 Å². The molecular weight excluding hydrogens is 144 g/mol. The van der Waals surface area contributed by atoms with Gasteiger partial charge in [-0.2, -0.15) is 0 Å². The van der Waals surface area contributed by atoms with Crippen LogP contribution in [0.1, 0.15) is 13.8 Å². The Hall–Kier alpha value is -1.27. The Labute approximate surface area is 65.4 Å². The minimum absolute atomic E-state index is 0.181. The first-order chi connectivity index (χ1) is 4.95. The molecule has 0 saturated heterocycles. The van der Waals surface area contributed by atoms with Crippen molar-refractivity contribution >= 4 is 5.97 Å². The highest BCUT2D eigenvalue weighted by molar-refractivity contribution is 5.89. The lowest BCUT2D eigenvalue weighted by Crippen LogP contribution is -2.29. The standard InChI is InChI=1S/C8H10O3/c1-4-6(7(9)10)8(3,11)5-2/h2,4,11H,1,3H3,(H,9,10)/b6-4+. The number of aliphatic carboxylic acids is 1. The average molecular weight is 154 g/mol. The van der Waals surface area contributed by atoms with Gasteiger partial charge in [0, 0.05) is 0 Å². The van der Waals surface area contributed by atoms with Gasteiger partial charge in [0.1, 0.15) is 0 Å². The first kappa shape index (κ1) is 9.73. The summed E-state index contributed by atoms with van der Waals surface area (Å²) >= 11 is 0. The van der Waals surface area contributed by atoms with Crippen LogP contribution in [-0.2, 0) is 4.79 Å². The molecule has 0 amide bonds. The Morgan fingerprint density at radius 3 is 2.27 bits per heavy atom. The summed E-state index contributed by atoms with van der Waals surface area (Å²) in [4.78, 5) is 10.4. The van der Waals surface area contributed by atoms with E-state index in [4.69, 9.17) is 11.5 Å². The number of rotatable bonds is 2. The monoisotopic (exact) mass is 154 g/mol. The molecule has 11 heavy (non-hydrogen) atoms. The molecule has 60 valence electrons. The van der Waals surface area contributed by atoms with E-state index in [0.717, 1.165) is 0 Å². The normalized spacial score (nSPS) is 16.7. The summed E-state index contributed by atoms with van der Waals surface area (Å²) in [6, 6.07) is 0. The van der Waals surface area contributed by atoms with E-state index in [1.54, 1.807) is 0 Å². The Kier molecular flexibility index (Phi) is 2.85. The Morgan fingerprint density at radius 2 is 2.18 bits per heavy atom. The molecule has 0 aromatic carbocycles. The smallest absolute Gasteiger partial charge is 0.335 e. The first-order valence-corrected chi connectivity index (χ1v) is 3.06. The van der Waals surface area contributed by atoms with Crippen LogP contribution in [0.25, 0.3) is 0 Å². The molecule has 0 saturated carbocycles. The molecule has 0 heterocycles. The molecule has 2 N–H and O–H groups in total. The predicted octanol–water partition coefficient (Wildman–Crippen LogP) is 0.401. The van der Waals surface area contributed by atoms with Crippen molar-refractivity contribution in [2.24, 2.45) is 0 Å². The average Bonchev–Trinajstić information content (AvgIpc) is 1.88. The molecule has 0 aliphatic rings. The summed E-state index contributed by atoms with van der Waals surface area (Å²) in [5, 5.41) is 17.8. The van der Waals surface area contributed by atoms with Gasteiger partial charge in [-0.15, -0.1) is 6.42 Å². The van der Waals surface area contributed by atoms with Gasteiger partial charge < -0.3 is 10.2 Å². The third kappa shape index (κ3) is 2.10. The lowest BCUT2D eigenvalue weighted by Gasteiger charge is -2.16. The highest BCUT2D eigenvalue weighted by Crippen LogP contribution is 2.14. The number of aliphatic hydroxyl groups is 1. The van der Waals surface area contributed by atoms with Crippen molar-refractivity contribution in [2.45, 2.75) is 19.4 Å². The van der Waals surface area contributed by atoms with Crippen LogP contribution in [0.3, 0.4) is 0 Å². The molecular formula is C8H10O3. The van der Waals surface area contributed by atoms with Gasteiger partial charge in [-0.25, -0.2) is 4.79 Å². The van der Waals surface area contributed by atoms with Crippen LogP contribution in [0.5, 0.6) is 0 Å². The molecule has 3 nitrogen and oxygen atoms in total. The minimum atomic E-state index is -1.68. The van der Waals surface area contributed by atoms with Gasteiger partial charge >= 0.3 is 5.97 Å². The van der Waals surface area contributed by atoms with E-state index >= 15 is 0 Å². The summed E-state index contributed by atoms with van der Waals surface area (Å²) < 4.78 is 0. The topological polar surface area (TPSA) is 57.5 Å². The molecule has 0 aliphatic carbocycles. The highest BCUT2D eigenvalue weighted by Gasteiger charge is 2.27. The van der Waals surface area contributed by atoms with Gasteiger partial charge in [0.15, 0.2) is 5.60 Å². The molecule has 1 atom stereocenters. The molecule has 3 heteroatoms. The quantitative estimate of drug-likeness (QED) is 0.447. The van der Waals surface area contributed by atoms with Gasteiger partial charge in [-0.1, -0.05) is 12.0 Å². The predicted molar refractivity (Wildman–Crippen MR) is 40.8 cm³/mol. The van der Waals surface area contributed by atoms with Crippen molar-refractivity contribution < 1.29 is 15.0 Å². The van der Waals surface area contributed by atoms with E-state index in [1.165, 1.54) is 19.9 Å². The number of carboxylic acid groups (broad SMARTS) is 1. The third-order valence-electron chi connectivity index (χ3n) is 1.32. The number of carbonyl (C=O) groups is 1. The van der Waals surface area contributed by atoms with Crippen LogP contribution < -0.4 is 0 Å². The van der Waals surface area contributed by atoms with Crippen LogP contribution in [0.4, 0.5) is 0 Å². The molecule has 1 unspecified atom stereocenters. The summed E-state index contributed by atoms with van der Waals surface area (Å²) in [6.07, 6.45) is 6.20.